The fraction of sp³-hybridized carbons (Fsp3) is 0.462. The smallest absolute Gasteiger partial charge is 0.272 e. The van der Waals surface area contributed by atoms with E-state index in [1.165, 1.54) is 0 Å². The molecule has 0 bridgehead atoms. The summed E-state index contributed by atoms with van der Waals surface area (Å²) in [6.45, 7) is 7.89. The number of amides is 1. The van der Waals surface area contributed by atoms with Gasteiger partial charge in [-0.15, -0.1) is 16.8 Å². The Kier molecular flexibility index (Phi) is 4.46. The van der Waals surface area contributed by atoms with Crippen LogP contribution in [0.4, 0.5) is 5.82 Å². The van der Waals surface area contributed by atoms with Gasteiger partial charge in [-0.1, -0.05) is 6.08 Å². The van der Waals surface area contributed by atoms with Gasteiger partial charge >= 0.3 is 0 Å². The van der Waals surface area contributed by atoms with Gasteiger partial charge in [0.05, 0.1) is 0 Å². The number of carbonyl (C=O) groups excluding carboxylic acids is 1. The number of hydrogen-bond donors (Lipinski definition) is 1. The molecule has 0 aromatic carbocycles. The quantitative estimate of drug-likeness (QED) is 0.781. The summed E-state index contributed by atoms with van der Waals surface area (Å²) < 4.78 is 0. The molecule has 1 aromatic heterocycles. The summed E-state index contributed by atoms with van der Waals surface area (Å²) in [5.41, 5.74) is 0.333. The fourth-order valence-corrected chi connectivity index (χ4v) is 1.91. The highest BCUT2D eigenvalue weighted by atomic mass is 16.1. The van der Waals surface area contributed by atoms with E-state index in [9.17, 15) is 4.79 Å². The molecule has 0 radical (unpaired) electrons. The largest absolute Gasteiger partial charge is 0.353 e. The summed E-state index contributed by atoms with van der Waals surface area (Å²) in [5.74, 6) is 0.602. The molecule has 1 saturated heterocycles. The van der Waals surface area contributed by atoms with Crippen molar-refractivity contribution in [2.45, 2.75) is 0 Å². The first-order valence-electron chi connectivity index (χ1n) is 6.37. The highest BCUT2D eigenvalue weighted by Gasteiger charge is 2.16. The minimum Gasteiger partial charge on any atom is -0.353 e. The Morgan fingerprint density at radius 3 is 2.68 bits per heavy atom. The topological polar surface area (TPSA) is 61.4 Å². The number of rotatable bonds is 4. The summed E-state index contributed by atoms with van der Waals surface area (Å²) in [5, 5.41) is 10.8. The molecule has 0 unspecified atom stereocenters. The summed E-state index contributed by atoms with van der Waals surface area (Å²) in [4.78, 5) is 16.1. The molecule has 0 saturated carbocycles. The number of nitrogens with zero attached hydrogens (tertiary/aromatic N) is 4. The summed E-state index contributed by atoms with van der Waals surface area (Å²) >= 11 is 0. The Morgan fingerprint density at radius 2 is 2.11 bits per heavy atom. The van der Waals surface area contributed by atoms with E-state index in [1.807, 2.05) is 6.07 Å². The average Bonchev–Trinajstić information content (AvgIpc) is 2.46. The van der Waals surface area contributed by atoms with Crippen LogP contribution in [0.1, 0.15) is 10.5 Å². The molecule has 6 nitrogen and oxygen atoms in total. The van der Waals surface area contributed by atoms with Gasteiger partial charge in [-0.25, -0.2) is 0 Å². The zero-order chi connectivity index (χ0) is 13.7. The highest BCUT2D eigenvalue weighted by molar-refractivity contribution is 5.92. The number of anilines is 1. The molecule has 2 heterocycles. The second-order valence-electron chi connectivity index (χ2n) is 4.57. The molecule has 6 heteroatoms. The molecule has 0 atom stereocenters. The lowest BCUT2D eigenvalue weighted by Gasteiger charge is -2.32. The van der Waals surface area contributed by atoms with E-state index >= 15 is 0 Å². The standard InChI is InChI=1S/C13H19N5O/c1-3-6-14-13(19)11-4-5-12(16-15-11)18-9-7-17(2)8-10-18/h3-5H,1,6-10H2,2H3,(H,14,19). The number of piperazine rings is 1. The first-order chi connectivity index (χ1) is 9.20. The lowest BCUT2D eigenvalue weighted by atomic mass is 10.3. The lowest BCUT2D eigenvalue weighted by molar-refractivity contribution is 0.0952. The Balaban J connectivity index is 1.98. The minimum atomic E-state index is -0.225. The van der Waals surface area contributed by atoms with E-state index in [1.54, 1.807) is 12.1 Å². The fourth-order valence-electron chi connectivity index (χ4n) is 1.91. The summed E-state index contributed by atoms with van der Waals surface area (Å²) in [6, 6.07) is 3.56. The summed E-state index contributed by atoms with van der Waals surface area (Å²) in [7, 11) is 2.11. The normalized spacial score (nSPS) is 16.2. The monoisotopic (exact) mass is 261 g/mol. The van der Waals surface area contributed by atoms with Crippen molar-refractivity contribution < 1.29 is 4.79 Å². The molecule has 1 aliphatic rings. The Morgan fingerprint density at radius 1 is 1.37 bits per heavy atom. The van der Waals surface area contributed by atoms with Gasteiger partial charge in [0.25, 0.3) is 5.91 Å². The molecule has 0 spiro atoms. The number of aromatic nitrogens is 2. The molecule has 2 rings (SSSR count). The Bertz CT molecular complexity index is 437. The van der Waals surface area contributed by atoms with Crippen molar-refractivity contribution in [2.75, 3.05) is 44.7 Å². The van der Waals surface area contributed by atoms with Gasteiger partial charge in [0.2, 0.25) is 0 Å². The van der Waals surface area contributed by atoms with Gasteiger partial charge < -0.3 is 15.1 Å². The van der Waals surface area contributed by atoms with Crippen molar-refractivity contribution in [1.29, 1.82) is 0 Å². The van der Waals surface area contributed by atoms with Crippen molar-refractivity contribution >= 4 is 11.7 Å². The predicted molar refractivity (Wildman–Crippen MR) is 74.3 cm³/mol. The van der Waals surface area contributed by atoms with Crippen LogP contribution in [0.25, 0.3) is 0 Å². The van der Waals surface area contributed by atoms with Gasteiger partial charge in [-0.2, -0.15) is 0 Å². The third-order valence-electron chi connectivity index (χ3n) is 3.12. The second-order valence-corrected chi connectivity index (χ2v) is 4.57. The lowest BCUT2D eigenvalue weighted by Crippen LogP contribution is -2.44. The van der Waals surface area contributed by atoms with E-state index in [4.69, 9.17) is 0 Å². The molecule has 1 fully saturated rings. The first kappa shape index (κ1) is 13.5. The number of hydrogen-bond acceptors (Lipinski definition) is 5. The Labute approximate surface area is 113 Å². The zero-order valence-corrected chi connectivity index (χ0v) is 11.2. The number of nitrogens with one attached hydrogen (secondary N) is 1. The molecule has 19 heavy (non-hydrogen) atoms. The van der Waals surface area contributed by atoms with Crippen molar-refractivity contribution in [3.63, 3.8) is 0 Å². The third kappa shape index (κ3) is 3.51. The average molecular weight is 261 g/mol. The van der Waals surface area contributed by atoms with Crippen LogP contribution in [0, 0.1) is 0 Å². The molecule has 1 amide bonds. The molecular weight excluding hydrogens is 242 g/mol. The molecule has 1 aromatic rings. The van der Waals surface area contributed by atoms with Crippen molar-refractivity contribution in [3.8, 4) is 0 Å². The Hall–Kier alpha value is -1.95. The van der Waals surface area contributed by atoms with Crippen LogP contribution in [0.2, 0.25) is 0 Å². The van der Waals surface area contributed by atoms with Gasteiger partial charge in [-0.3, -0.25) is 4.79 Å². The van der Waals surface area contributed by atoms with Crippen LogP contribution in [0.3, 0.4) is 0 Å². The second kappa shape index (κ2) is 6.29. The maximum atomic E-state index is 11.7. The van der Waals surface area contributed by atoms with Crippen LogP contribution in [0.5, 0.6) is 0 Å². The number of likely N-dealkylation sites (N-methyl/N-ethyl adjacent to an activating group) is 1. The SMILES string of the molecule is C=CCNC(=O)c1ccc(N2CCN(C)CC2)nn1. The molecular formula is C13H19N5O. The van der Waals surface area contributed by atoms with Crippen LogP contribution in [-0.2, 0) is 0 Å². The van der Waals surface area contributed by atoms with Crippen molar-refractivity contribution in [2.24, 2.45) is 0 Å². The van der Waals surface area contributed by atoms with E-state index in [0.29, 0.717) is 12.2 Å². The van der Waals surface area contributed by atoms with E-state index in [-0.39, 0.29) is 5.91 Å². The van der Waals surface area contributed by atoms with Gasteiger partial charge in [0, 0.05) is 32.7 Å². The summed E-state index contributed by atoms with van der Waals surface area (Å²) in [6.07, 6.45) is 1.63. The van der Waals surface area contributed by atoms with Crippen LogP contribution < -0.4 is 10.2 Å². The first-order valence-corrected chi connectivity index (χ1v) is 6.37. The minimum absolute atomic E-state index is 0.225. The zero-order valence-electron chi connectivity index (χ0n) is 11.2. The molecule has 1 aliphatic heterocycles. The van der Waals surface area contributed by atoms with E-state index < -0.39 is 0 Å². The van der Waals surface area contributed by atoms with Crippen LogP contribution in [-0.4, -0.2) is 60.8 Å². The predicted octanol–water partition coefficient (Wildman–Crippen LogP) is 0.144. The van der Waals surface area contributed by atoms with Crippen molar-refractivity contribution in [1.82, 2.24) is 20.4 Å². The van der Waals surface area contributed by atoms with Crippen LogP contribution in [0.15, 0.2) is 24.8 Å². The molecule has 102 valence electrons. The van der Waals surface area contributed by atoms with Gasteiger partial charge in [-0.05, 0) is 19.2 Å². The third-order valence-corrected chi connectivity index (χ3v) is 3.12. The highest BCUT2D eigenvalue weighted by Crippen LogP contribution is 2.11. The molecule has 0 aliphatic carbocycles. The molecule has 1 N–H and O–H groups in total. The van der Waals surface area contributed by atoms with Gasteiger partial charge in [0.1, 0.15) is 0 Å². The van der Waals surface area contributed by atoms with Crippen LogP contribution >= 0.6 is 0 Å². The maximum Gasteiger partial charge on any atom is 0.272 e. The van der Waals surface area contributed by atoms with E-state index in [0.717, 1.165) is 32.0 Å². The number of carbonyl (C=O) groups is 1. The van der Waals surface area contributed by atoms with Crippen molar-refractivity contribution in [3.05, 3.63) is 30.5 Å². The van der Waals surface area contributed by atoms with E-state index in [2.05, 4.69) is 38.9 Å². The van der Waals surface area contributed by atoms with Gasteiger partial charge in [0.15, 0.2) is 11.5 Å². The maximum absolute atomic E-state index is 11.7.